The minimum absolute atomic E-state index is 0.443. The van der Waals surface area contributed by atoms with Crippen molar-refractivity contribution in [2.75, 3.05) is 5.32 Å². The SMILES string of the molecule is CCC(CC)[C@@H]1Nc2c(C(=O)O)cccc2[C@H]2[C@H]3CC[C@@H](C3)[C@H]21. The summed E-state index contributed by atoms with van der Waals surface area (Å²) in [4.78, 5) is 11.7. The lowest BCUT2D eigenvalue weighted by Crippen LogP contribution is -2.45. The maximum absolute atomic E-state index is 11.7. The predicted molar refractivity (Wildman–Crippen MR) is 91.9 cm³/mol. The lowest BCUT2D eigenvalue weighted by Gasteiger charge is -2.46. The average molecular weight is 313 g/mol. The Morgan fingerprint density at radius 1 is 1.26 bits per heavy atom. The number of carbonyl (C=O) groups is 1. The van der Waals surface area contributed by atoms with Gasteiger partial charge in [-0.05, 0) is 60.5 Å². The summed E-state index contributed by atoms with van der Waals surface area (Å²) >= 11 is 0. The quantitative estimate of drug-likeness (QED) is 0.843. The van der Waals surface area contributed by atoms with Crippen molar-refractivity contribution in [2.24, 2.45) is 23.7 Å². The van der Waals surface area contributed by atoms with Crippen LogP contribution < -0.4 is 5.32 Å². The fourth-order valence-corrected chi connectivity index (χ4v) is 5.99. The van der Waals surface area contributed by atoms with E-state index in [2.05, 4.69) is 25.2 Å². The van der Waals surface area contributed by atoms with Crippen LogP contribution in [-0.4, -0.2) is 17.1 Å². The molecule has 0 radical (unpaired) electrons. The molecule has 0 amide bonds. The summed E-state index contributed by atoms with van der Waals surface area (Å²) in [7, 11) is 0. The van der Waals surface area contributed by atoms with Gasteiger partial charge >= 0.3 is 5.97 Å². The topological polar surface area (TPSA) is 49.3 Å². The summed E-state index contributed by atoms with van der Waals surface area (Å²) in [6.45, 7) is 4.55. The fraction of sp³-hybridized carbons (Fsp3) is 0.650. The van der Waals surface area contributed by atoms with Crippen LogP contribution in [0.25, 0.3) is 0 Å². The molecule has 3 nitrogen and oxygen atoms in total. The molecule has 0 saturated heterocycles. The van der Waals surface area contributed by atoms with E-state index in [9.17, 15) is 9.90 Å². The summed E-state index contributed by atoms with van der Waals surface area (Å²) < 4.78 is 0. The molecule has 0 aromatic heterocycles. The highest BCUT2D eigenvalue weighted by atomic mass is 16.4. The lowest BCUT2D eigenvalue weighted by atomic mass is 9.65. The molecule has 1 aromatic carbocycles. The molecule has 4 rings (SSSR count). The van der Waals surface area contributed by atoms with Gasteiger partial charge in [-0.1, -0.05) is 38.8 Å². The van der Waals surface area contributed by atoms with Gasteiger partial charge in [-0.25, -0.2) is 4.79 Å². The molecule has 3 heteroatoms. The Kier molecular flexibility index (Phi) is 3.62. The summed E-state index contributed by atoms with van der Waals surface area (Å²) in [6, 6.07) is 6.31. The zero-order valence-electron chi connectivity index (χ0n) is 14.1. The van der Waals surface area contributed by atoms with Crippen LogP contribution in [-0.2, 0) is 0 Å². The second-order valence-corrected chi connectivity index (χ2v) is 7.76. The Labute approximate surface area is 138 Å². The molecule has 5 atom stereocenters. The van der Waals surface area contributed by atoms with E-state index in [4.69, 9.17) is 0 Å². The maximum Gasteiger partial charge on any atom is 0.337 e. The molecule has 1 heterocycles. The van der Waals surface area contributed by atoms with E-state index in [1.165, 1.54) is 37.7 Å². The molecule has 1 aliphatic heterocycles. The molecular formula is C20H27NO2. The number of hydrogen-bond acceptors (Lipinski definition) is 2. The number of nitrogens with one attached hydrogen (secondary N) is 1. The van der Waals surface area contributed by atoms with Crippen LogP contribution in [0, 0.1) is 23.7 Å². The summed E-state index contributed by atoms with van der Waals surface area (Å²) in [6.07, 6.45) is 6.39. The second-order valence-electron chi connectivity index (χ2n) is 7.76. The van der Waals surface area contributed by atoms with Gasteiger partial charge in [0.15, 0.2) is 0 Å². The van der Waals surface area contributed by atoms with Crippen LogP contribution in [0.2, 0.25) is 0 Å². The maximum atomic E-state index is 11.7. The Balaban J connectivity index is 1.83. The second kappa shape index (κ2) is 5.54. The van der Waals surface area contributed by atoms with E-state index in [0.717, 1.165) is 17.5 Å². The number of carboxylic acids is 1. The number of para-hydroxylation sites is 1. The molecule has 1 aromatic rings. The zero-order chi connectivity index (χ0) is 16.1. The van der Waals surface area contributed by atoms with Gasteiger partial charge < -0.3 is 10.4 Å². The molecule has 3 aliphatic rings. The number of hydrogen-bond donors (Lipinski definition) is 2. The highest BCUT2D eigenvalue weighted by Crippen LogP contribution is 2.62. The molecule has 0 spiro atoms. The van der Waals surface area contributed by atoms with Crippen LogP contribution >= 0.6 is 0 Å². The van der Waals surface area contributed by atoms with Crippen molar-refractivity contribution in [1.29, 1.82) is 0 Å². The van der Waals surface area contributed by atoms with E-state index in [1.807, 2.05) is 6.07 Å². The molecule has 2 aliphatic carbocycles. The van der Waals surface area contributed by atoms with Gasteiger partial charge in [0.2, 0.25) is 0 Å². The smallest absolute Gasteiger partial charge is 0.337 e. The monoisotopic (exact) mass is 313 g/mol. The first kappa shape index (κ1) is 15.0. The van der Waals surface area contributed by atoms with Gasteiger partial charge in [-0.15, -0.1) is 0 Å². The fourth-order valence-electron chi connectivity index (χ4n) is 5.99. The highest BCUT2D eigenvalue weighted by molar-refractivity contribution is 5.95. The first-order valence-electron chi connectivity index (χ1n) is 9.28. The van der Waals surface area contributed by atoms with Gasteiger partial charge in [-0.3, -0.25) is 0 Å². The largest absolute Gasteiger partial charge is 0.478 e. The third-order valence-corrected chi connectivity index (χ3v) is 6.95. The number of aromatic carboxylic acids is 1. The number of fused-ring (bicyclic) bond motifs is 7. The number of anilines is 1. The van der Waals surface area contributed by atoms with Gasteiger partial charge in [0.25, 0.3) is 0 Å². The molecule has 2 fully saturated rings. The Morgan fingerprint density at radius 3 is 2.70 bits per heavy atom. The van der Waals surface area contributed by atoms with Crippen molar-refractivity contribution >= 4 is 11.7 Å². The van der Waals surface area contributed by atoms with Crippen LogP contribution in [0.15, 0.2) is 18.2 Å². The Morgan fingerprint density at radius 2 is 2.00 bits per heavy atom. The van der Waals surface area contributed by atoms with Crippen molar-refractivity contribution in [3.8, 4) is 0 Å². The first-order chi connectivity index (χ1) is 11.2. The molecule has 124 valence electrons. The molecule has 2 bridgehead atoms. The van der Waals surface area contributed by atoms with E-state index in [-0.39, 0.29) is 0 Å². The third kappa shape index (κ3) is 2.12. The van der Waals surface area contributed by atoms with Gasteiger partial charge in [0.05, 0.1) is 11.3 Å². The molecule has 2 saturated carbocycles. The van der Waals surface area contributed by atoms with Gasteiger partial charge in [0.1, 0.15) is 0 Å². The minimum atomic E-state index is -0.806. The van der Waals surface area contributed by atoms with E-state index >= 15 is 0 Å². The zero-order valence-corrected chi connectivity index (χ0v) is 14.1. The summed E-state index contributed by atoms with van der Waals surface area (Å²) in [5.41, 5.74) is 2.66. The third-order valence-electron chi connectivity index (χ3n) is 6.95. The van der Waals surface area contributed by atoms with Crippen molar-refractivity contribution in [2.45, 2.75) is 57.9 Å². The Hall–Kier alpha value is -1.51. The number of benzene rings is 1. The van der Waals surface area contributed by atoms with Crippen molar-refractivity contribution in [3.05, 3.63) is 29.3 Å². The number of rotatable bonds is 4. The Bertz CT molecular complexity index is 622. The molecular weight excluding hydrogens is 286 g/mol. The molecule has 23 heavy (non-hydrogen) atoms. The van der Waals surface area contributed by atoms with Crippen molar-refractivity contribution < 1.29 is 9.90 Å². The van der Waals surface area contributed by atoms with Crippen LogP contribution in [0.3, 0.4) is 0 Å². The first-order valence-corrected chi connectivity index (χ1v) is 9.28. The standard InChI is InChI=1S/C20H27NO2/c1-3-11(4-2)18-17-13-9-8-12(10-13)16(17)14-6-5-7-15(20(22)23)19(14)21-18/h5-7,11-13,16-18,21H,3-4,8-10H2,1-2H3,(H,22,23)/t12-,13-,16+,17+,18-/m0/s1. The summed E-state index contributed by atoms with van der Waals surface area (Å²) in [5.74, 6) is 2.72. The van der Waals surface area contributed by atoms with Gasteiger partial charge in [-0.2, -0.15) is 0 Å². The van der Waals surface area contributed by atoms with Crippen molar-refractivity contribution in [3.63, 3.8) is 0 Å². The minimum Gasteiger partial charge on any atom is -0.478 e. The molecule has 2 N–H and O–H groups in total. The lowest BCUT2D eigenvalue weighted by molar-refractivity contribution is 0.0697. The average Bonchev–Trinajstić information content (AvgIpc) is 3.17. The normalized spacial score (nSPS) is 34.1. The van der Waals surface area contributed by atoms with E-state index < -0.39 is 5.97 Å². The van der Waals surface area contributed by atoms with E-state index in [0.29, 0.717) is 29.4 Å². The number of carboxylic acid groups (broad SMARTS) is 1. The van der Waals surface area contributed by atoms with Crippen LogP contribution in [0.1, 0.15) is 67.8 Å². The van der Waals surface area contributed by atoms with Gasteiger partial charge in [0, 0.05) is 6.04 Å². The predicted octanol–water partition coefficient (Wildman–Crippen LogP) is 4.74. The molecule has 0 unspecified atom stereocenters. The van der Waals surface area contributed by atoms with Crippen LogP contribution in [0.4, 0.5) is 5.69 Å². The highest BCUT2D eigenvalue weighted by Gasteiger charge is 2.54. The van der Waals surface area contributed by atoms with Crippen molar-refractivity contribution in [1.82, 2.24) is 0 Å². The summed E-state index contributed by atoms with van der Waals surface area (Å²) in [5, 5.41) is 13.3. The van der Waals surface area contributed by atoms with Crippen LogP contribution in [0.5, 0.6) is 0 Å². The van der Waals surface area contributed by atoms with E-state index in [1.54, 1.807) is 6.07 Å².